The summed E-state index contributed by atoms with van der Waals surface area (Å²) in [6.07, 6.45) is 3.30. The molecule has 2 heterocycles. The SMILES string of the molecule is Cc1nnc(Cn2ccc(=O)c(N)c2)s1. The Morgan fingerprint density at radius 3 is 2.93 bits per heavy atom. The summed E-state index contributed by atoms with van der Waals surface area (Å²) in [4.78, 5) is 11.1. The molecule has 0 bridgehead atoms. The third kappa shape index (κ3) is 2.21. The molecule has 0 aromatic carbocycles. The Morgan fingerprint density at radius 1 is 1.53 bits per heavy atom. The van der Waals surface area contributed by atoms with Crippen LogP contribution in [0.15, 0.2) is 23.3 Å². The summed E-state index contributed by atoms with van der Waals surface area (Å²) in [6, 6.07) is 1.45. The number of aromatic nitrogens is 3. The van der Waals surface area contributed by atoms with Crippen LogP contribution in [0.5, 0.6) is 0 Å². The molecule has 0 radical (unpaired) electrons. The van der Waals surface area contributed by atoms with Gasteiger partial charge < -0.3 is 10.3 Å². The summed E-state index contributed by atoms with van der Waals surface area (Å²) in [5, 5.41) is 9.74. The largest absolute Gasteiger partial charge is 0.394 e. The summed E-state index contributed by atoms with van der Waals surface area (Å²) < 4.78 is 1.82. The van der Waals surface area contributed by atoms with Gasteiger partial charge in [0.2, 0.25) is 5.43 Å². The highest BCUT2D eigenvalue weighted by atomic mass is 32.1. The lowest BCUT2D eigenvalue weighted by atomic mass is 10.4. The van der Waals surface area contributed by atoms with Gasteiger partial charge in [-0.1, -0.05) is 11.3 Å². The highest BCUT2D eigenvalue weighted by molar-refractivity contribution is 7.11. The number of hydrogen-bond acceptors (Lipinski definition) is 5. The number of hydrogen-bond donors (Lipinski definition) is 1. The van der Waals surface area contributed by atoms with Crippen LogP contribution in [-0.4, -0.2) is 14.8 Å². The molecule has 78 valence electrons. The fourth-order valence-corrected chi connectivity index (χ4v) is 1.92. The van der Waals surface area contributed by atoms with Gasteiger partial charge in [-0.2, -0.15) is 0 Å². The van der Waals surface area contributed by atoms with Crippen LogP contribution in [0.25, 0.3) is 0 Å². The summed E-state index contributed by atoms with van der Waals surface area (Å²) in [5.41, 5.74) is 5.61. The lowest BCUT2D eigenvalue weighted by molar-refractivity contribution is 0.770. The number of nitrogens with two attached hydrogens (primary N) is 1. The van der Waals surface area contributed by atoms with Crippen molar-refractivity contribution in [2.75, 3.05) is 5.73 Å². The summed E-state index contributed by atoms with van der Waals surface area (Å²) in [5.74, 6) is 0. The van der Waals surface area contributed by atoms with Crippen molar-refractivity contribution in [3.8, 4) is 0 Å². The van der Waals surface area contributed by atoms with E-state index < -0.39 is 0 Å². The Labute approximate surface area is 90.2 Å². The molecule has 0 saturated heterocycles. The van der Waals surface area contributed by atoms with E-state index in [0.29, 0.717) is 6.54 Å². The summed E-state index contributed by atoms with van der Waals surface area (Å²) in [6.45, 7) is 2.50. The third-order valence-corrected chi connectivity index (χ3v) is 2.72. The van der Waals surface area contributed by atoms with Crippen LogP contribution in [0, 0.1) is 6.92 Å². The minimum Gasteiger partial charge on any atom is -0.394 e. The Morgan fingerprint density at radius 2 is 2.33 bits per heavy atom. The van der Waals surface area contributed by atoms with Gasteiger partial charge in [-0.25, -0.2) is 0 Å². The lowest BCUT2D eigenvalue weighted by Gasteiger charge is -2.03. The van der Waals surface area contributed by atoms with Crippen molar-refractivity contribution in [3.63, 3.8) is 0 Å². The van der Waals surface area contributed by atoms with E-state index in [9.17, 15) is 4.79 Å². The predicted molar refractivity (Wildman–Crippen MR) is 58.9 cm³/mol. The molecule has 2 aromatic heterocycles. The minimum absolute atomic E-state index is 0.153. The average Bonchev–Trinajstić information content (AvgIpc) is 2.58. The first-order valence-electron chi connectivity index (χ1n) is 4.40. The maximum absolute atomic E-state index is 11.1. The number of aryl methyl sites for hydroxylation is 1. The number of nitrogens with zero attached hydrogens (tertiary/aromatic N) is 3. The van der Waals surface area contributed by atoms with Gasteiger partial charge in [0.25, 0.3) is 0 Å². The van der Waals surface area contributed by atoms with Gasteiger partial charge in [-0.05, 0) is 6.92 Å². The maximum Gasteiger partial charge on any atom is 0.204 e. The van der Waals surface area contributed by atoms with Crippen LogP contribution in [0.1, 0.15) is 10.0 Å². The number of rotatable bonds is 2. The van der Waals surface area contributed by atoms with E-state index in [4.69, 9.17) is 5.73 Å². The quantitative estimate of drug-likeness (QED) is 0.809. The zero-order valence-electron chi connectivity index (χ0n) is 8.17. The van der Waals surface area contributed by atoms with Crippen molar-refractivity contribution in [2.45, 2.75) is 13.5 Å². The minimum atomic E-state index is -0.153. The topological polar surface area (TPSA) is 73.8 Å². The predicted octanol–water partition coefficient (Wildman–Crippen LogP) is 0.639. The van der Waals surface area contributed by atoms with Gasteiger partial charge >= 0.3 is 0 Å². The molecule has 0 unspecified atom stereocenters. The summed E-state index contributed by atoms with van der Waals surface area (Å²) in [7, 11) is 0. The van der Waals surface area contributed by atoms with Crippen molar-refractivity contribution in [1.82, 2.24) is 14.8 Å². The van der Waals surface area contributed by atoms with Gasteiger partial charge in [-0.3, -0.25) is 4.79 Å². The highest BCUT2D eigenvalue weighted by Crippen LogP contribution is 2.09. The van der Waals surface area contributed by atoms with Gasteiger partial charge in [0, 0.05) is 18.5 Å². The molecule has 0 amide bonds. The van der Waals surface area contributed by atoms with E-state index >= 15 is 0 Å². The van der Waals surface area contributed by atoms with Crippen molar-refractivity contribution < 1.29 is 0 Å². The normalized spacial score (nSPS) is 10.5. The fraction of sp³-hybridized carbons (Fsp3) is 0.222. The third-order valence-electron chi connectivity index (χ3n) is 1.89. The van der Waals surface area contributed by atoms with E-state index in [1.165, 1.54) is 17.4 Å². The molecule has 2 rings (SSSR count). The van der Waals surface area contributed by atoms with Gasteiger partial charge in [0.1, 0.15) is 10.0 Å². The molecule has 0 aliphatic carbocycles. The van der Waals surface area contributed by atoms with Gasteiger partial charge in [0.15, 0.2) is 0 Å². The monoisotopic (exact) mass is 222 g/mol. The number of nitrogen functional groups attached to an aromatic ring is 1. The molecule has 0 spiro atoms. The Hall–Kier alpha value is -1.69. The standard InChI is InChI=1S/C9H10N4OS/c1-6-11-12-9(15-6)5-13-3-2-8(14)7(10)4-13/h2-4H,5,10H2,1H3. The van der Waals surface area contributed by atoms with E-state index in [1.54, 1.807) is 12.4 Å². The molecule has 0 fully saturated rings. The van der Waals surface area contributed by atoms with Gasteiger partial charge in [-0.15, -0.1) is 10.2 Å². The Balaban J connectivity index is 2.25. The Kier molecular flexibility index (Phi) is 2.51. The number of pyridine rings is 1. The second-order valence-electron chi connectivity index (χ2n) is 3.15. The molecule has 0 atom stereocenters. The van der Waals surface area contributed by atoms with Crippen LogP contribution >= 0.6 is 11.3 Å². The first-order valence-corrected chi connectivity index (χ1v) is 5.21. The molecule has 5 nitrogen and oxygen atoms in total. The first kappa shape index (κ1) is 9.85. The van der Waals surface area contributed by atoms with Crippen molar-refractivity contribution in [3.05, 3.63) is 38.7 Å². The molecule has 0 aliphatic heterocycles. The summed E-state index contributed by atoms with van der Waals surface area (Å²) >= 11 is 1.53. The van der Waals surface area contributed by atoms with Crippen molar-refractivity contribution >= 4 is 17.0 Å². The van der Waals surface area contributed by atoms with Crippen molar-refractivity contribution in [2.24, 2.45) is 0 Å². The molecule has 2 N–H and O–H groups in total. The first-order chi connectivity index (χ1) is 7.15. The second-order valence-corrected chi connectivity index (χ2v) is 4.42. The maximum atomic E-state index is 11.1. The van der Waals surface area contributed by atoms with Crippen LogP contribution in [0.2, 0.25) is 0 Å². The van der Waals surface area contributed by atoms with Crippen LogP contribution in [0.4, 0.5) is 5.69 Å². The van der Waals surface area contributed by atoms with Gasteiger partial charge in [0.05, 0.1) is 12.2 Å². The Bertz CT molecular complexity index is 531. The highest BCUT2D eigenvalue weighted by Gasteiger charge is 2.01. The molecule has 6 heteroatoms. The molecular formula is C9H10N4OS. The van der Waals surface area contributed by atoms with Crippen LogP contribution in [-0.2, 0) is 6.54 Å². The van der Waals surface area contributed by atoms with E-state index in [1.807, 2.05) is 11.5 Å². The molecule has 2 aromatic rings. The average molecular weight is 222 g/mol. The van der Waals surface area contributed by atoms with E-state index in [2.05, 4.69) is 10.2 Å². The van der Waals surface area contributed by atoms with Crippen LogP contribution < -0.4 is 11.2 Å². The molecule has 0 aliphatic rings. The number of anilines is 1. The van der Waals surface area contributed by atoms with Crippen LogP contribution in [0.3, 0.4) is 0 Å². The lowest BCUT2D eigenvalue weighted by Crippen LogP contribution is -2.11. The second kappa shape index (κ2) is 3.82. The molecule has 15 heavy (non-hydrogen) atoms. The zero-order valence-corrected chi connectivity index (χ0v) is 8.99. The van der Waals surface area contributed by atoms with E-state index in [-0.39, 0.29) is 11.1 Å². The van der Waals surface area contributed by atoms with E-state index in [0.717, 1.165) is 10.0 Å². The fourth-order valence-electron chi connectivity index (χ4n) is 1.20. The molecule has 0 saturated carbocycles. The van der Waals surface area contributed by atoms with Crippen molar-refractivity contribution in [1.29, 1.82) is 0 Å². The zero-order chi connectivity index (χ0) is 10.8. The smallest absolute Gasteiger partial charge is 0.204 e. The molecular weight excluding hydrogens is 212 g/mol.